The van der Waals surface area contributed by atoms with Crippen LogP contribution in [0, 0.1) is 17.8 Å². The Bertz CT molecular complexity index is 824. The molecule has 6 nitrogen and oxygen atoms in total. The van der Waals surface area contributed by atoms with Gasteiger partial charge in [-0.05, 0) is 35.8 Å². The molecule has 162 valence electrons. The van der Waals surface area contributed by atoms with E-state index in [-0.39, 0.29) is 30.6 Å². The fraction of sp³-hybridized carbons (Fsp3) is 0.583. The Morgan fingerprint density at radius 1 is 1.37 bits per heavy atom. The summed E-state index contributed by atoms with van der Waals surface area (Å²) in [6.07, 6.45) is 8.41. The highest BCUT2D eigenvalue weighted by Crippen LogP contribution is 2.31. The minimum Gasteiger partial charge on any atom is -0.364 e. The zero-order valence-corrected chi connectivity index (χ0v) is 18.2. The van der Waals surface area contributed by atoms with Crippen molar-refractivity contribution in [2.75, 3.05) is 13.2 Å². The van der Waals surface area contributed by atoms with Crippen molar-refractivity contribution in [1.29, 1.82) is 0 Å². The maximum absolute atomic E-state index is 13.3. The molecule has 0 saturated carbocycles. The van der Waals surface area contributed by atoms with E-state index in [2.05, 4.69) is 23.4 Å². The number of ether oxygens (including phenoxy) is 1. The number of carbonyl (C=O) groups excluding carboxylic acids is 2. The second-order valence-corrected chi connectivity index (χ2v) is 9.38. The highest BCUT2D eigenvalue weighted by molar-refractivity contribution is 5.91. The van der Waals surface area contributed by atoms with Gasteiger partial charge < -0.3 is 20.7 Å². The van der Waals surface area contributed by atoms with Gasteiger partial charge in [-0.1, -0.05) is 51.0 Å². The van der Waals surface area contributed by atoms with Crippen LogP contribution in [0.25, 0.3) is 0 Å². The van der Waals surface area contributed by atoms with Gasteiger partial charge in [0.25, 0.3) is 0 Å². The molecular formula is C24H33N3O3. The third-order valence-electron chi connectivity index (χ3n) is 6.14. The van der Waals surface area contributed by atoms with E-state index in [1.165, 1.54) is 11.1 Å². The van der Waals surface area contributed by atoms with Crippen LogP contribution in [0.4, 0.5) is 0 Å². The number of benzene rings is 1. The van der Waals surface area contributed by atoms with E-state index in [4.69, 9.17) is 16.9 Å². The lowest BCUT2D eigenvalue weighted by molar-refractivity contribution is -0.141. The first kappa shape index (κ1) is 22.3. The van der Waals surface area contributed by atoms with Gasteiger partial charge in [0.15, 0.2) is 0 Å². The number of hydrogen-bond donors (Lipinski definition) is 2. The molecule has 1 unspecified atom stereocenters. The van der Waals surface area contributed by atoms with Gasteiger partial charge in [-0.3, -0.25) is 9.59 Å². The summed E-state index contributed by atoms with van der Waals surface area (Å²) >= 11 is 0. The van der Waals surface area contributed by atoms with Crippen molar-refractivity contribution in [2.45, 2.75) is 70.7 Å². The Balaban J connectivity index is 1.77. The lowest BCUT2D eigenvalue weighted by atomic mass is 9.86. The molecule has 0 aromatic heterocycles. The largest absolute Gasteiger partial charge is 0.364 e. The fourth-order valence-electron chi connectivity index (χ4n) is 4.30. The molecule has 0 bridgehead atoms. The number of aryl methyl sites for hydroxylation is 1. The van der Waals surface area contributed by atoms with Crippen LogP contribution in [0.5, 0.6) is 0 Å². The maximum atomic E-state index is 13.3. The lowest BCUT2D eigenvalue weighted by Gasteiger charge is -2.33. The van der Waals surface area contributed by atoms with Gasteiger partial charge in [0.05, 0.1) is 18.2 Å². The molecular weight excluding hydrogens is 378 g/mol. The van der Waals surface area contributed by atoms with Gasteiger partial charge >= 0.3 is 0 Å². The van der Waals surface area contributed by atoms with Crippen LogP contribution in [0.3, 0.4) is 0 Å². The molecule has 0 spiro atoms. The first-order chi connectivity index (χ1) is 14.2. The van der Waals surface area contributed by atoms with Crippen molar-refractivity contribution in [1.82, 2.24) is 10.2 Å². The van der Waals surface area contributed by atoms with Gasteiger partial charge in [-0.25, -0.2) is 0 Å². The molecule has 1 fully saturated rings. The summed E-state index contributed by atoms with van der Waals surface area (Å²) in [6.45, 7) is 6.25. The van der Waals surface area contributed by atoms with Crippen molar-refractivity contribution in [2.24, 2.45) is 11.1 Å². The quantitative estimate of drug-likeness (QED) is 0.728. The zero-order chi connectivity index (χ0) is 21.9. The van der Waals surface area contributed by atoms with Crippen LogP contribution in [0.15, 0.2) is 24.3 Å². The number of nitrogens with zero attached hydrogens (tertiary/aromatic N) is 1. The van der Waals surface area contributed by atoms with Crippen molar-refractivity contribution in [3.8, 4) is 12.3 Å². The number of likely N-dealkylation sites (tertiary alicyclic amines) is 1. The third-order valence-corrected chi connectivity index (χ3v) is 6.14. The van der Waals surface area contributed by atoms with Gasteiger partial charge in [-0.15, -0.1) is 6.42 Å². The molecule has 1 aliphatic carbocycles. The van der Waals surface area contributed by atoms with Crippen LogP contribution >= 0.6 is 0 Å². The molecule has 4 atom stereocenters. The summed E-state index contributed by atoms with van der Waals surface area (Å²) in [7, 11) is 0. The smallest absolute Gasteiger partial charge is 0.243 e. The van der Waals surface area contributed by atoms with Crippen molar-refractivity contribution in [3.63, 3.8) is 0 Å². The molecule has 1 aliphatic heterocycles. The molecule has 2 aliphatic rings. The molecule has 1 heterocycles. The van der Waals surface area contributed by atoms with E-state index in [1.807, 2.05) is 32.9 Å². The average Bonchev–Trinajstić information content (AvgIpc) is 3.15. The van der Waals surface area contributed by atoms with E-state index in [1.54, 1.807) is 4.90 Å². The molecule has 1 saturated heterocycles. The molecule has 6 heteroatoms. The predicted octanol–water partition coefficient (Wildman–Crippen LogP) is 2.17. The maximum Gasteiger partial charge on any atom is 0.243 e. The highest BCUT2D eigenvalue weighted by Gasteiger charge is 2.44. The summed E-state index contributed by atoms with van der Waals surface area (Å²) in [6, 6.07) is 6.87. The minimum absolute atomic E-state index is 0.0404. The number of nitrogens with one attached hydrogen (secondary N) is 1. The molecule has 3 N–H and O–H groups in total. The predicted molar refractivity (Wildman–Crippen MR) is 116 cm³/mol. The standard InChI is InChI=1S/C24H33N3O3/c1-5-13-30-17-14-20(27(15-17)23(29)21(25)24(2,3)4)22(28)26-19-12-8-10-16-9-6-7-11-18(16)19/h1,6-7,9,11,17,19-21H,8,10,12-15,25H2,2-4H3,(H,26,28)/t17-,19?,20-,21+/m0/s1. The van der Waals surface area contributed by atoms with Gasteiger partial charge in [0.1, 0.15) is 12.6 Å². The first-order valence-corrected chi connectivity index (χ1v) is 10.7. The van der Waals surface area contributed by atoms with Crippen LogP contribution in [-0.4, -0.2) is 48.1 Å². The van der Waals surface area contributed by atoms with E-state index < -0.39 is 17.5 Å². The number of fused-ring (bicyclic) bond motifs is 1. The Hall–Kier alpha value is -2.36. The Morgan fingerprint density at radius 3 is 2.80 bits per heavy atom. The van der Waals surface area contributed by atoms with E-state index in [0.717, 1.165) is 19.3 Å². The van der Waals surface area contributed by atoms with E-state index in [9.17, 15) is 9.59 Å². The Morgan fingerprint density at radius 2 is 2.10 bits per heavy atom. The third kappa shape index (κ3) is 4.85. The van der Waals surface area contributed by atoms with Gasteiger partial charge in [0.2, 0.25) is 11.8 Å². The lowest BCUT2D eigenvalue weighted by Crippen LogP contribution is -2.55. The molecule has 1 aromatic carbocycles. The van der Waals surface area contributed by atoms with E-state index >= 15 is 0 Å². The second-order valence-electron chi connectivity index (χ2n) is 9.38. The van der Waals surface area contributed by atoms with Gasteiger partial charge in [0, 0.05) is 13.0 Å². The second kappa shape index (κ2) is 9.20. The monoisotopic (exact) mass is 411 g/mol. The van der Waals surface area contributed by atoms with Crippen molar-refractivity contribution < 1.29 is 14.3 Å². The van der Waals surface area contributed by atoms with Crippen molar-refractivity contribution in [3.05, 3.63) is 35.4 Å². The molecule has 0 radical (unpaired) electrons. The van der Waals surface area contributed by atoms with Crippen LogP contribution in [0.1, 0.15) is 57.2 Å². The van der Waals surface area contributed by atoms with Crippen LogP contribution < -0.4 is 11.1 Å². The Labute approximate surface area is 179 Å². The number of amides is 2. The molecule has 1 aromatic rings. The molecule has 2 amide bonds. The number of hydrogen-bond acceptors (Lipinski definition) is 4. The number of nitrogens with two attached hydrogens (primary N) is 1. The first-order valence-electron chi connectivity index (χ1n) is 10.7. The summed E-state index contributed by atoms with van der Waals surface area (Å²) in [4.78, 5) is 28.0. The van der Waals surface area contributed by atoms with Crippen molar-refractivity contribution >= 4 is 11.8 Å². The highest BCUT2D eigenvalue weighted by atomic mass is 16.5. The summed E-state index contributed by atoms with van der Waals surface area (Å²) < 4.78 is 5.67. The minimum atomic E-state index is -0.699. The fourth-order valence-corrected chi connectivity index (χ4v) is 4.30. The van der Waals surface area contributed by atoms with Crippen LogP contribution in [-0.2, 0) is 20.7 Å². The zero-order valence-electron chi connectivity index (χ0n) is 18.2. The van der Waals surface area contributed by atoms with Gasteiger partial charge in [-0.2, -0.15) is 0 Å². The number of terminal acetylenes is 1. The number of rotatable bonds is 5. The van der Waals surface area contributed by atoms with Crippen LogP contribution in [0.2, 0.25) is 0 Å². The summed E-state index contributed by atoms with van der Waals surface area (Å²) in [5.74, 6) is 2.08. The SMILES string of the molecule is C#CCO[C@H]1C[C@@H](C(=O)NC2CCCc3ccccc32)N(C(=O)[C@@H](N)C(C)(C)C)C1. The molecule has 3 rings (SSSR count). The average molecular weight is 412 g/mol. The molecule has 30 heavy (non-hydrogen) atoms. The Kier molecular flexibility index (Phi) is 6.84. The van der Waals surface area contributed by atoms with E-state index in [0.29, 0.717) is 13.0 Å². The summed E-state index contributed by atoms with van der Waals surface area (Å²) in [5.41, 5.74) is 8.27. The number of carbonyl (C=O) groups is 2. The topological polar surface area (TPSA) is 84.7 Å². The summed E-state index contributed by atoms with van der Waals surface area (Å²) in [5, 5.41) is 3.19. The normalized spacial score (nSPS) is 24.6.